The Morgan fingerprint density at radius 2 is 0.794 bits per heavy atom. The molecule has 0 fully saturated rings. The highest BCUT2D eigenvalue weighted by Gasteiger charge is 2.29. The molecule has 6 aromatic rings. The minimum absolute atomic E-state index is 0.222. The Hall–Kier alpha value is -5.62. The highest BCUT2D eigenvalue weighted by atomic mass is 16.5. The maximum absolute atomic E-state index is 12.3. The molecule has 4 aromatic carbocycles. The molecule has 0 spiro atoms. The number of rotatable bonds is 10. The smallest absolute Gasteiger partial charge is 0.131 e. The van der Waals surface area contributed by atoms with E-state index in [1.54, 1.807) is 12.4 Å². The van der Waals surface area contributed by atoms with Gasteiger partial charge in [-0.1, -0.05) is 12.1 Å². The molecule has 2 heterocycles. The Kier molecular flexibility index (Phi) is 11.5. The Bertz CT molecular complexity index is 2460. The summed E-state index contributed by atoms with van der Waals surface area (Å²) in [6, 6.07) is 17.3. The summed E-state index contributed by atoms with van der Waals surface area (Å²) in [6.07, 6.45) is 25.7. The normalized spacial score (nSPS) is 16.6. The zero-order valence-electron chi connectivity index (χ0n) is 37.7. The number of ether oxygens (including phenoxy) is 2. The SMILES string of the molecule is Cc1cc(-c2cnccc2OC(C)C[C@H](C)Oc2ccncc2-c2cc(C)cc(-c3c4c(cc5c3CCCC5)CCCC4)c2O)c(O)c(-c2c3c(cc4c2CCCC4)CCCC3)c1. The number of pyridine rings is 2. The third-order valence-electron chi connectivity index (χ3n) is 14.5. The van der Waals surface area contributed by atoms with Crippen molar-refractivity contribution in [1.29, 1.82) is 0 Å². The summed E-state index contributed by atoms with van der Waals surface area (Å²) in [7, 11) is 0. The highest BCUT2D eigenvalue weighted by molar-refractivity contribution is 5.89. The van der Waals surface area contributed by atoms with E-state index in [-0.39, 0.29) is 12.2 Å². The fourth-order valence-electron chi connectivity index (χ4n) is 11.6. The summed E-state index contributed by atoms with van der Waals surface area (Å²) < 4.78 is 13.5. The highest BCUT2D eigenvalue weighted by Crippen LogP contribution is 2.50. The Labute approximate surface area is 373 Å². The van der Waals surface area contributed by atoms with Gasteiger partial charge in [-0.25, -0.2) is 0 Å². The van der Waals surface area contributed by atoms with E-state index in [4.69, 9.17) is 9.47 Å². The number of phenolic OH excluding ortho intramolecular Hbond substituents is 2. The zero-order valence-corrected chi connectivity index (χ0v) is 37.7. The molecule has 0 saturated carbocycles. The molecule has 0 radical (unpaired) electrons. The van der Waals surface area contributed by atoms with Crippen LogP contribution in [0.25, 0.3) is 44.5 Å². The first-order chi connectivity index (χ1) is 30.7. The summed E-state index contributed by atoms with van der Waals surface area (Å²) in [6.45, 7) is 8.39. The molecule has 10 rings (SSSR count). The Balaban J connectivity index is 0.923. The molecule has 0 bridgehead atoms. The van der Waals surface area contributed by atoms with Gasteiger partial charge in [0.15, 0.2) is 0 Å². The van der Waals surface area contributed by atoms with Crippen molar-refractivity contribution in [3.63, 3.8) is 0 Å². The van der Waals surface area contributed by atoms with E-state index in [1.165, 1.54) is 107 Å². The van der Waals surface area contributed by atoms with Crippen molar-refractivity contribution in [3.05, 3.63) is 129 Å². The third-order valence-corrected chi connectivity index (χ3v) is 14.5. The fraction of sp³-hybridized carbons (Fsp3) is 0.404. The molecular weight excluding hydrogens is 777 g/mol. The second-order valence-electron chi connectivity index (χ2n) is 19.1. The molecule has 4 aliphatic rings. The van der Waals surface area contributed by atoms with Crippen LogP contribution in [0.5, 0.6) is 23.0 Å². The molecule has 1 unspecified atom stereocenters. The van der Waals surface area contributed by atoms with Gasteiger partial charge in [0, 0.05) is 64.6 Å². The molecule has 0 saturated heterocycles. The Morgan fingerprint density at radius 3 is 1.16 bits per heavy atom. The van der Waals surface area contributed by atoms with Crippen molar-refractivity contribution >= 4 is 0 Å². The summed E-state index contributed by atoms with van der Waals surface area (Å²) in [5.74, 6) is 1.96. The minimum Gasteiger partial charge on any atom is -0.507 e. The third kappa shape index (κ3) is 8.00. The topological polar surface area (TPSA) is 84.7 Å². The van der Waals surface area contributed by atoms with Crippen LogP contribution in [-0.2, 0) is 51.4 Å². The number of fused-ring (bicyclic) bond motifs is 4. The van der Waals surface area contributed by atoms with Crippen LogP contribution in [0.15, 0.2) is 73.3 Å². The zero-order chi connectivity index (χ0) is 43.2. The van der Waals surface area contributed by atoms with Crippen LogP contribution in [0, 0.1) is 13.8 Å². The minimum atomic E-state index is -0.222. The van der Waals surface area contributed by atoms with E-state index in [2.05, 4.69) is 74.1 Å². The van der Waals surface area contributed by atoms with Crippen molar-refractivity contribution in [2.75, 3.05) is 0 Å². The Morgan fingerprint density at radius 1 is 0.460 bits per heavy atom. The summed E-state index contributed by atoms with van der Waals surface area (Å²) in [5.41, 5.74) is 21.3. The van der Waals surface area contributed by atoms with Gasteiger partial charge < -0.3 is 19.7 Å². The number of nitrogens with zero attached hydrogens (tertiary/aromatic N) is 2. The van der Waals surface area contributed by atoms with E-state index in [0.717, 1.165) is 95.9 Å². The number of aromatic nitrogens is 2. The lowest BCUT2D eigenvalue weighted by atomic mass is 9.76. The second-order valence-corrected chi connectivity index (χ2v) is 19.1. The van der Waals surface area contributed by atoms with Crippen LogP contribution < -0.4 is 9.47 Å². The van der Waals surface area contributed by atoms with Crippen molar-refractivity contribution in [3.8, 4) is 67.5 Å². The quantitative estimate of drug-likeness (QED) is 0.143. The first-order valence-electron chi connectivity index (χ1n) is 23.9. The average Bonchev–Trinajstić information content (AvgIpc) is 3.29. The summed E-state index contributed by atoms with van der Waals surface area (Å²) >= 11 is 0. The lowest BCUT2D eigenvalue weighted by molar-refractivity contribution is 0.131. The number of aromatic hydroxyl groups is 2. The maximum atomic E-state index is 12.3. The van der Waals surface area contributed by atoms with E-state index >= 15 is 0 Å². The standard InChI is InChI=1S/C57H62N2O4/c1-34-25-46(56(60)48(27-34)54-42-17-9-5-13-38(42)30-39-14-6-10-18-43(39)54)50-32-58-23-21-52(50)62-36(3)29-37(4)63-53-22-24-59-33-51(53)47-26-35(2)28-49(57(47)61)55-44-19-11-7-15-40(44)31-41-16-8-12-20-45(41)55/h21-28,30-33,36-37,60-61H,5-20,29H2,1-4H3/t36-,37?/m0/s1. The molecular formula is C57H62N2O4. The van der Waals surface area contributed by atoms with E-state index in [9.17, 15) is 10.2 Å². The van der Waals surface area contributed by atoms with Crippen LogP contribution in [0.1, 0.15) is 127 Å². The average molecular weight is 839 g/mol. The number of hydrogen-bond acceptors (Lipinski definition) is 6. The molecule has 6 nitrogen and oxygen atoms in total. The predicted octanol–water partition coefficient (Wildman–Crippen LogP) is 13.3. The van der Waals surface area contributed by atoms with Gasteiger partial charge in [0.25, 0.3) is 0 Å². The molecule has 0 aliphatic heterocycles. The molecule has 2 aromatic heterocycles. The van der Waals surface area contributed by atoms with Gasteiger partial charge in [0.05, 0.1) is 12.2 Å². The lowest BCUT2D eigenvalue weighted by Crippen LogP contribution is -2.23. The van der Waals surface area contributed by atoms with Gasteiger partial charge in [0.2, 0.25) is 0 Å². The van der Waals surface area contributed by atoms with Crippen LogP contribution in [0.3, 0.4) is 0 Å². The van der Waals surface area contributed by atoms with Crippen molar-refractivity contribution in [2.24, 2.45) is 0 Å². The molecule has 6 heteroatoms. The van der Waals surface area contributed by atoms with Gasteiger partial charge in [-0.3, -0.25) is 9.97 Å². The van der Waals surface area contributed by atoms with Crippen LogP contribution >= 0.6 is 0 Å². The lowest BCUT2D eigenvalue weighted by Gasteiger charge is -2.29. The molecule has 4 aliphatic carbocycles. The number of benzene rings is 4. The number of phenols is 2. The van der Waals surface area contributed by atoms with E-state index < -0.39 is 0 Å². The number of aryl methyl sites for hydroxylation is 6. The van der Waals surface area contributed by atoms with Gasteiger partial charge in [-0.15, -0.1) is 0 Å². The summed E-state index contributed by atoms with van der Waals surface area (Å²) in [5, 5.41) is 24.6. The van der Waals surface area contributed by atoms with Crippen molar-refractivity contribution in [1.82, 2.24) is 9.97 Å². The van der Waals surface area contributed by atoms with Gasteiger partial charge in [0.1, 0.15) is 23.0 Å². The molecule has 2 atom stereocenters. The first-order valence-corrected chi connectivity index (χ1v) is 23.9. The molecule has 0 amide bonds. The van der Waals surface area contributed by atoms with E-state index in [1.807, 2.05) is 24.5 Å². The first kappa shape index (κ1) is 41.4. The van der Waals surface area contributed by atoms with Crippen LogP contribution in [0.4, 0.5) is 0 Å². The maximum Gasteiger partial charge on any atom is 0.131 e. The van der Waals surface area contributed by atoms with E-state index in [0.29, 0.717) is 29.4 Å². The van der Waals surface area contributed by atoms with Gasteiger partial charge >= 0.3 is 0 Å². The van der Waals surface area contributed by atoms with Crippen LogP contribution in [-0.4, -0.2) is 32.4 Å². The van der Waals surface area contributed by atoms with Crippen LogP contribution in [0.2, 0.25) is 0 Å². The molecule has 63 heavy (non-hydrogen) atoms. The van der Waals surface area contributed by atoms with Crippen molar-refractivity contribution in [2.45, 2.75) is 149 Å². The van der Waals surface area contributed by atoms with Crippen molar-refractivity contribution < 1.29 is 19.7 Å². The molecule has 2 N–H and O–H groups in total. The van der Waals surface area contributed by atoms with Gasteiger partial charge in [-0.05, 0) is 234 Å². The predicted molar refractivity (Wildman–Crippen MR) is 254 cm³/mol. The fourth-order valence-corrected chi connectivity index (χ4v) is 11.6. The number of hydrogen-bond donors (Lipinski definition) is 2. The monoisotopic (exact) mass is 838 g/mol. The largest absolute Gasteiger partial charge is 0.507 e. The molecule has 324 valence electrons. The summed E-state index contributed by atoms with van der Waals surface area (Å²) in [4.78, 5) is 9.07. The van der Waals surface area contributed by atoms with Gasteiger partial charge in [-0.2, -0.15) is 0 Å². The second kappa shape index (κ2) is 17.5.